The van der Waals surface area contributed by atoms with E-state index in [1.54, 1.807) is 0 Å². The number of rotatable bonds is 18. The van der Waals surface area contributed by atoms with Gasteiger partial charge in [0.25, 0.3) is 0 Å². The van der Waals surface area contributed by atoms with Gasteiger partial charge in [-0.05, 0) is 100 Å². The number of nitrogens with two attached hydrogens (primary N) is 2. The number of amidine groups is 1. The lowest BCUT2D eigenvalue weighted by molar-refractivity contribution is -0.137. The molecule has 1 heterocycles. The van der Waals surface area contributed by atoms with Gasteiger partial charge in [0.05, 0.1) is 6.54 Å². The number of benzene rings is 1. The average molecular weight is 788 g/mol. The summed E-state index contributed by atoms with van der Waals surface area (Å²) in [6.45, 7) is 25.4. The van der Waals surface area contributed by atoms with Crippen LogP contribution in [0.2, 0.25) is 0 Å². The molecule has 0 bridgehead atoms. The number of likely N-dealkylation sites (tertiary alicyclic amines) is 1. The SMILES string of the molecule is C=C(NCC(N)=NC(C(=C)N(C)C)c1ccccc1)C(=CCC)C(CC1CC1)C1[C@@H](CC(C)C)CCN1C(=O)C(NC(=O)OC(C)(C)C)C1CCCCC1.C=CN. The fraction of sp³-hybridized carbons (Fsp3) is 0.638. The van der Waals surface area contributed by atoms with Crippen LogP contribution >= 0.6 is 0 Å². The number of nitrogens with one attached hydrogen (secondary N) is 2. The number of carbonyl (C=O) groups is 2. The molecule has 1 aromatic rings. The van der Waals surface area contributed by atoms with Crippen molar-refractivity contribution in [3.8, 4) is 0 Å². The summed E-state index contributed by atoms with van der Waals surface area (Å²) in [5, 5.41) is 6.68. The highest BCUT2D eigenvalue weighted by Crippen LogP contribution is 2.46. The van der Waals surface area contributed by atoms with Gasteiger partial charge in [-0.3, -0.25) is 9.79 Å². The first-order valence-corrected chi connectivity index (χ1v) is 21.5. The lowest BCUT2D eigenvalue weighted by atomic mass is 9.76. The Balaban J connectivity index is 0.00000281. The second-order valence-corrected chi connectivity index (χ2v) is 18.0. The van der Waals surface area contributed by atoms with Crippen molar-refractivity contribution in [1.82, 2.24) is 20.4 Å². The van der Waals surface area contributed by atoms with Gasteiger partial charge in [0.1, 0.15) is 23.5 Å². The summed E-state index contributed by atoms with van der Waals surface area (Å²) in [5.41, 5.74) is 14.5. The van der Waals surface area contributed by atoms with E-state index in [-0.39, 0.29) is 29.8 Å². The summed E-state index contributed by atoms with van der Waals surface area (Å²) < 4.78 is 5.73. The zero-order valence-electron chi connectivity index (χ0n) is 36.7. The number of likely N-dealkylation sites (N-methyl/N-ethyl adjacent to an activating group) is 1. The quantitative estimate of drug-likeness (QED) is 0.0663. The predicted molar refractivity (Wildman–Crippen MR) is 237 cm³/mol. The van der Waals surface area contributed by atoms with Crippen molar-refractivity contribution >= 4 is 17.8 Å². The normalized spacial score (nSPS) is 20.8. The molecule has 57 heavy (non-hydrogen) atoms. The standard InChI is InChI=1S/C45H72N6O3.C2H5N/c1-11-18-37(31(4)47-29-39(46)48-40(32(5)50(9)10)34-19-14-12-15-20-34)38(28-33-23-24-33)42-36(27-30(2)3)25-26-51(42)43(52)41(35-21-16-13-17-22-35)49-44(53)54-45(6,7)8;1-2-3/h12,14-15,18-20,30,33,35-36,38,40-42,47H,4-5,11,13,16-17,21-29H2,1-3,6-10H3,(H2,46,48)(H,49,53);2H,1,3H2/t36-,38?,40?,41?,42?;/m1./s1. The Hall–Kier alpha value is -4.21. The minimum absolute atomic E-state index is 0.000248. The first kappa shape index (κ1) is 47.2. The smallest absolute Gasteiger partial charge is 0.408 e. The third kappa shape index (κ3) is 14.9. The fourth-order valence-electron chi connectivity index (χ4n) is 8.62. The molecule has 10 nitrogen and oxygen atoms in total. The largest absolute Gasteiger partial charge is 0.444 e. The molecule has 3 aliphatic rings. The van der Waals surface area contributed by atoms with Crippen LogP contribution in [0.5, 0.6) is 0 Å². The van der Waals surface area contributed by atoms with Crippen molar-refractivity contribution in [3.63, 3.8) is 0 Å². The topological polar surface area (TPSA) is 138 Å². The molecule has 4 rings (SSSR count). The Labute approximate surface area is 345 Å². The lowest BCUT2D eigenvalue weighted by Gasteiger charge is -2.41. The number of ether oxygens (including phenoxy) is 1. The van der Waals surface area contributed by atoms with Crippen LogP contribution in [0.4, 0.5) is 4.79 Å². The molecule has 2 amide bonds. The van der Waals surface area contributed by atoms with Gasteiger partial charge in [0, 0.05) is 44.0 Å². The average Bonchev–Trinajstić information content (AvgIpc) is 3.89. The molecule has 5 atom stereocenters. The Bertz CT molecular complexity index is 1520. The van der Waals surface area contributed by atoms with Gasteiger partial charge in [-0.1, -0.05) is 109 Å². The summed E-state index contributed by atoms with van der Waals surface area (Å²) >= 11 is 0. The van der Waals surface area contributed by atoms with Gasteiger partial charge >= 0.3 is 6.09 Å². The van der Waals surface area contributed by atoms with Crippen LogP contribution in [-0.4, -0.2) is 72.5 Å². The highest BCUT2D eigenvalue weighted by atomic mass is 16.6. The maximum Gasteiger partial charge on any atom is 0.408 e. The summed E-state index contributed by atoms with van der Waals surface area (Å²) in [5.74, 6) is 2.18. The van der Waals surface area contributed by atoms with Gasteiger partial charge in [0.2, 0.25) is 5.91 Å². The summed E-state index contributed by atoms with van der Waals surface area (Å²) in [6.07, 6.45) is 14.5. The number of hydrogen-bond donors (Lipinski definition) is 4. The van der Waals surface area contributed by atoms with E-state index in [2.05, 4.69) is 80.0 Å². The number of amides is 2. The Morgan fingerprint density at radius 1 is 1.04 bits per heavy atom. The van der Waals surface area contributed by atoms with Crippen molar-refractivity contribution < 1.29 is 14.3 Å². The van der Waals surface area contributed by atoms with Crippen molar-refractivity contribution in [2.45, 2.75) is 136 Å². The van der Waals surface area contributed by atoms with Crippen LogP contribution in [-0.2, 0) is 9.53 Å². The Kier molecular flexibility index (Phi) is 18.7. The van der Waals surface area contributed by atoms with Crippen molar-refractivity contribution in [2.75, 3.05) is 27.2 Å². The fourth-order valence-corrected chi connectivity index (χ4v) is 8.62. The van der Waals surface area contributed by atoms with E-state index in [0.717, 1.165) is 68.3 Å². The Morgan fingerprint density at radius 2 is 1.67 bits per heavy atom. The molecule has 2 aliphatic carbocycles. The monoisotopic (exact) mass is 788 g/mol. The van der Waals surface area contributed by atoms with Crippen LogP contribution in [0.15, 0.2) is 84.3 Å². The molecule has 6 N–H and O–H groups in total. The van der Waals surface area contributed by atoms with Crippen LogP contribution in [0, 0.1) is 29.6 Å². The van der Waals surface area contributed by atoms with E-state index in [9.17, 15) is 4.79 Å². The third-order valence-corrected chi connectivity index (χ3v) is 11.4. The van der Waals surface area contributed by atoms with E-state index in [1.165, 1.54) is 31.0 Å². The van der Waals surface area contributed by atoms with Crippen molar-refractivity contribution in [3.05, 3.63) is 84.9 Å². The third-order valence-electron chi connectivity index (χ3n) is 11.4. The zero-order valence-corrected chi connectivity index (χ0v) is 36.7. The van der Waals surface area contributed by atoms with E-state index >= 15 is 4.79 Å². The molecule has 10 heteroatoms. The van der Waals surface area contributed by atoms with E-state index in [4.69, 9.17) is 15.5 Å². The number of aliphatic imine (C=N–C) groups is 1. The molecule has 0 radical (unpaired) electrons. The molecule has 3 fully saturated rings. The highest BCUT2D eigenvalue weighted by Gasteiger charge is 2.47. The molecule has 2 saturated carbocycles. The van der Waals surface area contributed by atoms with E-state index in [1.807, 2.05) is 58.0 Å². The molecular weight excluding hydrogens is 711 g/mol. The number of allylic oxidation sites excluding steroid dienone is 2. The van der Waals surface area contributed by atoms with Crippen LogP contribution < -0.4 is 22.1 Å². The number of alkyl carbamates (subject to hydrolysis) is 1. The minimum atomic E-state index is -0.651. The first-order chi connectivity index (χ1) is 27.0. The highest BCUT2D eigenvalue weighted by molar-refractivity contribution is 5.87. The maximum absolute atomic E-state index is 15.0. The molecule has 318 valence electrons. The Morgan fingerprint density at radius 3 is 2.21 bits per heavy atom. The molecule has 4 unspecified atom stereocenters. The van der Waals surface area contributed by atoms with E-state index < -0.39 is 17.7 Å². The lowest BCUT2D eigenvalue weighted by Crippen LogP contribution is -2.56. The summed E-state index contributed by atoms with van der Waals surface area (Å²) in [4.78, 5) is 37.4. The van der Waals surface area contributed by atoms with Crippen molar-refractivity contribution in [2.24, 2.45) is 46.0 Å². The van der Waals surface area contributed by atoms with Crippen molar-refractivity contribution in [1.29, 1.82) is 0 Å². The van der Waals surface area contributed by atoms with Gasteiger partial charge in [-0.25, -0.2) is 4.79 Å². The number of carbonyl (C=O) groups excluding carboxylic acids is 2. The zero-order chi connectivity index (χ0) is 42.3. The first-order valence-electron chi connectivity index (χ1n) is 21.5. The molecule has 0 aromatic heterocycles. The van der Waals surface area contributed by atoms with Gasteiger partial charge in [0.15, 0.2) is 0 Å². The molecule has 0 spiro atoms. The molecule has 1 saturated heterocycles. The van der Waals surface area contributed by atoms with Gasteiger partial charge in [-0.15, -0.1) is 0 Å². The van der Waals surface area contributed by atoms with Crippen LogP contribution in [0.25, 0.3) is 0 Å². The second kappa shape index (κ2) is 22.7. The number of nitrogens with zero attached hydrogens (tertiary/aromatic N) is 3. The van der Waals surface area contributed by atoms with Crippen LogP contribution in [0.1, 0.15) is 124 Å². The van der Waals surface area contributed by atoms with Gasteiger partial charge < -0.3 is 36.6 Å². The molecule has 1 aliphatic heterocycles. The summed E-state index contributed by atoms with van der Waals surface area (Å²) in [6, 6.07) is 9.21. The minimum Gasteiger partial charge on any atom is -0.444 e. The number of hydrogen-bond acceptors (Lipinski definition) is 7. The molecule has 1 aromatic carbocycles. The van der Waals surface area contributed by atoms with E-state index in [0.29, 0.717) is 36.7 Å². The molecular formula is C47H77N7O3. The maximum atomic E-state index is 15.0. The van der Waals surface area contributed by atoms with Gasteiger partial charge in [-0.2, -0.15) is 0 Å². The summed E-state index contributed by atoms with van der Waals surface area (Å²) in [7, 11) is 3.95. The predicted octanol–water partition coefficient (Wildman–Crippen LogP) is 8.84. The second-order valence-electron chi connectivity index (χ2n) is 18.0. The van der Waals surface area contributed by atoms with Crippen LogP contribution in [0.3, 0.4) is 0 Å².